The van der Waals surface area contributed by atoms with Crippen molar-refractivity contribution in [1.29, 1.82) is 0 Å². The number of carbonyl (C=O) groups is 2. The van der Waals surface area contributed by atoms with Gasteiger partial charge in [-0.3, -0.25) is 9.59 Å². The van der Waals surface area contributed by atoms with Gasteiger partial charge >= 0.3 is 0 Å². The van der Waals surface area contributed by atoms with Crippen molar-refractivity contribution in [2.45, 2.75) is 18.8 Å². The highest BCUT2D eigenvalue weighted by molar-refractivity contribution is 5.94. The number of hydrogen-bond acceptors (Lipinski definition) is 4. The van der Waals surface area contributed by atoms with Gasteiger partial charge < -0.3 is 14.6 Å². The number of fused-ring (bicyclic) bond motifs is 1. The summed E-state index contributed by atoms with van der Waals surface area (Å²) in [6, 6.07) is 14.9. The van der Waals surface area contributed by atoms with Gasteiger partial charge in [0.1, 0.15) is 5.52 Å². The number of benzene rings is 2. The van der Waals surface area contributed by atoms with E-state index in [0.29, 0.717) is 18.7 Å². The number of nitrogens with one attached hydrogen (secondary N) is 1. The summed E-state index contributed by atoms with van der Waals surface area (Å²) in [4.78, 5) is 30.5. The summed E-state index contributed by atoms with van der Waals surface area (Å²) in [6.07, 6.45) is 5.05. The molecule has 0 aliphatic carbocycles. The molecule has 1 aliphatic rings. The van der Waals surface area contributed by atoms with Crippen LogP contribution in [0.4, 0.5) is 0 Å². The lowest BCUT2D eigenvalue weighted by Gasteiger charge is -2.29. The summed E-state index contributed by atoms with van der Waals surface area (Å²) >= 11 is 0. The van der Waals surface area contributed by atoms with E-state index in [1.165, 1.54) is 0 Å². The van der Waals surface area contributed by atoms with Crippen molar-refractivity contribution in [2.24, 2.45) is 0 Å². The normalized spacial score (nSPS) is 15.1. The molecule has 1 aromatic heterocycles. The van der Waals surface area contributed by atoms with Crippen molar-refractivity contribution in [3.63, 3.8) is 0 Å². The van der Waals surface area contributed by atoms with Crippen LogP contribution in [-0.2, 0) is 4.79 Å². The van der Waals surface area contributed by atoms with Gasteiger partial charge in [0.25, 0.3) is 5.91 Å². The number of para-hydroxylation sites is 2. The third kappa shape index (κ3) is 4.21. The van der Waals surface area contributed by atoms with Crippen LogP contribution >= 0.6 is 0 Å². The first-order valence-corrected chi connectivity index (χ1v) is 9.78. The maximum absolute atomic E-state index is 12.5. The van der Waals surface area contributed by atoms with Crippen LogP contribution < -0.4 is 5.32 Å². The molecule has 148 valence electrons. The Hall–Kier alpha value is -3.41. The Labute approximate surface area is 169 Å². The summed E-state index contributed by atoms with van der Waals surface area (Å²) < 4.78 is 5.89. The smallest absolute Gasteiger partial charge is 0.251 e. The second-order valence-electron chi connectivity index (χ2n) is 7.15. The Morgan fingerprint density at radius 1 is 1.10 bits per heavy atom. The van der Waals surface area contributed by atoms with E-state index in [1.807, 2.05) is 41.3 Å². The molecule has 1 fully saturated rings. The lowest BCUT2D eigenvalue weighted by molar-refractivity contribution is -0.127. The first kappa shape index (κ1) is 18.9. The van der Waals surface area contributed by atoms with Gasteiger partial charge in [0.15, 0.2) is 11.5 Å². The monoisotopic (exact) mass is 389 g/mol. The minimum atomic E-state index is -0.126. The molecule has 2 heterocycles. The summed E-state index contributed by atoms with van der Waals surface area (Å²) in [6.45, 7) is 1.37. The van der Waals surface area contributed by atoms with Crippen LogP contribution in [0, 0.1) is 0 Å². The number of likely N-dealkylation sites (tertiary alicyclic amines) is 1. The minimum absolute atomic E-state index is 0.00334. The van der Waals surface area contributed by atoms with Gasteiger partial charge in [-0.1, -0.05) is 24.3 Å². The highest BCUT2D eigenvalue weighted by Crippen LogP contribution is 2.30. The fraction of sp³-hybridized carbons (Fsp3) is 0.261. The average molecular weight is 389 g/mol. The Balaban J connectivity index is 1.34. The Morgan fingerprint density at radius 3 is 2.52 bits per heavy atom. The van der Waals surface area contributed by atoms with Crippen molar-refractivity contribution in [1.82, 2.24) is 15.2 Å². The van der Waals surface area contributed by atoms with Gasteiger partial charge in [-0.25, -0.2) is 4.98 Å². The van der Waals surface area contributed by atoms with Crippen LogP contribution in [0.25, 0.3) is 17.2 Å². The molecule has 1 saturated heterocycles. The zero-order chi connectivity index (χ0) is 20.2. The zero-order valence-electron chi connectivity index (χ0n) is 16.3. The number of carbonyl (C=O) groups excluding carboxylic acids is 2. The molecule has 0 spiro atoms. The van der Waals surface area contributed by atoms with E-state index in [0.717, 1.165) is 35.4 Å². The molecule has 4 rings (SSSR count). The van der Waals surface area contributed by atoms with E-state index in [-0.39, 0.29) is 17.7 Å². The molecule has 0 atom stereocenters. The highest BCUT2D eigenvalue weighted by atomic mass is 16.3. The second kappa shape index (κ2) is 8.31. The summed E-state index contributed by atoms with van der Waals surface area (Å²) in [5.74, 6) is 0.882. The van der Waals surface area contributed by atoms with E-state index < -0.39 is 0 Å². The number of nitrogens with zero attached hydrogens (tertiary/aromatic N) is 2. The van der Waals surface area contributed by atoms with Crippen molar-refractivity contribution >= 4 is 29.0 Å². The highest BCUT2D eigenvalue weighted by Gasteiger charge is 2.26. The van der Waals surface area contributed by atoms with Crippen LogP contribution in [0.5, 0.6) is 0 Å². The van der Waals surface area contributed by atoms with Crippen molar-refractivity contribution < 1.29 is 14.0 Å². The standard InChI is InChI=1S/C23H23N3O3/c1-24-22(28)17-9-6-16(7-10-17)8-11-21(27)26-14-12-18(13-15-26)23-25-19-4-2-3-5-20(19)29-23/h2-11,18H,12-15H2,1H3,(H,24,28)/b11-8+. The molecule has 6 heteroatoms. The third-order valence-electron chi connectivity index (χ3n) is 5.28. The van der Waals surface area contributed by atoms with Crippen LogP contribution in [0.2, 0.25) is 0 Å². The number of amides is 2. The Morgan fingerprint density at radius 2 is 1.83 bits per heavy atom. The fourth-order valence-electron chi connectivity index (χ4n) is 3.57. The van der Waals surface area contributed by atoms with Crippen LogP contribution in [0.1, 0.15) is 40.6 Å². The largest absolute Gasteiger partial charge is 0.440 e. The van der Waals surface area contributed by atoms with E-state index in [1.54, 1.807) is 31.3 Å². The van der Waals surface area contributed by atoms with Crippen LogP contribution in [-0.4, -0.2) is 41.8 Å². The van der Waals surface area contributed by atoms with E-state index in [2.05, 4.69) is 10.3 Å². The molecule has 0 bridgehead atoms. The van der Waals surface area contributed by atoms with Gasteiger partial charge in [0, 0.05) is 37.7 Å². The maximum Gasteiger partial charge on any atom is 0.251 e. The molecule has 0 saturated carbocycles. The number of hydrogen-bond donors (Lipinski definition) is 1. The molecule has 0 unspecified atom stereocenters. The summed E-state index contributed by atoms with van der Waals surface area (Å²) in [5.41, 5.74) is 3.17. The van der Waals surface area contributed by atoms with Gasteiger partial charge in [-0.15, -0.1) is 0 Å². The zero-order valence-corrected chi connectivity index (χ0v) is 16.3. The summed E-state index contributed by atoms with van der Waals surface area (Å²) in [7, 11) is 1.60. The fourth-order valence-corrected chi connectivity index (χ4v) is 3.57. The SMILES string of the molecule is CNC(=O)c1ccc(/C=C/C(=O)N2CCC(c3nc4ccccc4o3)CC2)cc1. The molecular formula is C23H23N3O3. The van der Waals surface area contributed by atoms with Crippen LogP contribution in [0.3, 0.4) is 0 Å². The number of piperidine rings is 1. The number of rotatable bonds is 4. The van der Waals surface area contributed by atoms with Crippen molar-refractivity contribution in [3.05, 3.63) is 71.6 Å². The molecule has 2 amide bonds. The van der Waals surface area contributed by atoms with Gasteiger partial charge in [0.05, 0.1) is 0 Å². The number of oxazole rings is 1. The van der Waals surface area contributed by atoms with Crippen LogP contribution in [0.15, 0.2) is 59.0 Å². The number of aromatic nitrogens is 1. The maximum atomic E-state index is 12.5. The topological polar surface area (TPSA) is 75.4 Å². The third-order valence-corrected chi connectivity index (χ3v) is 5.28. The molecule has 1 N–H and O–H groups in total. The summed E-state index contributed by atoms with van der Waals surface area (Å²) in [5, 5.41) is 2.59. The van der Waals surface area contributed by atoms with Crippen molar-refractivity contribution in [2.75, 3.05) is 20.1 Å². The molecule has 1 aliphatic heterocycles. The molecular weight excluding hydrogens is 366 g/mol. The Bertz CT molecular complexity index is 1010. The quantitative estimate of drug-likeness (QED) is 0.692. The molecule has 6 nitrogen and oxygen atoms in total. The molecule has 29 heavy (non-hydrogen) atoms. The average Bonchev–Trinajstić information content (AvgIpc) is 3.22. The Kier molecular flexibility index (Phi) is 5.42. The lowest BCUT2D eigenvalue weighted by Crippen LogP contribution is -2.36. The minimum Gasteiger partial charge on any atom is -0.440 e. The van der Waals surface area contributed by atoms with Crippen molar-refractivity contribution in [3.8, 4) is 0 Å². The van der Waals surface area contributed by atoms with Gasteiger partial charge in [-0.05, 0) is 48.7 Å². The lowest BCUT2D eigenvalue weighted by atomic mass is 9.96. The van der Waals surface area contributed by atoms with Gasteiger partial charge in [0.2, 0.25) is 5.91 Å². The second-order valence-corrected chi connectivity index (χ2v) is 7.15. The van der Waals surface area contributed by atoms with E-state index >= 15 is 0 Å². The molecule has 3 aromatic rings. The predicted molar refractivity (Wildman–Crippen MR) is 111 cm³/mol. The van der Waals surface area contributed by atoms with E-state index in [9.17, 15) is 9.59 Å². The first-order valence-electron chi connectivity index (χ1n) is 9.78. The molecule has 0 radical (unpaired) electrons. The van der Waals surface area contributed by atoms with E-state index in [4.69, 9.17) is 4.42 Å². The first-order chi connectivity index (χ1) is 14.1. The molecule has 2 aromatic carbocycles. The van der Waals surface area contributed by atoms with Gasteiger partial charge in [-0.2, -0.15) is 0 Å². The predicted octanol–water partition coefficient (Wildman–Crippen LogP) is 3.61.